The van der Waals surface area contributed by atoms with Gasteiger partial charge in [-0.3, -0.25) is 9.80 Å². The Morgan fingerprint density at radius 3 is 2.41 bits per heavy atom. The number of hydrogen-bond acceptors (Lipinski definition) is 4. The van der Waals surface area contributed by atoms with Crippen molar-refractivity contribution in [3.05, 3.63) is 0 Å². The van der Waals surface area contributed by atoms with Gasteiger partial charge in [-0.25, -0.2) is 0 Å². The first-order chi connectivity index (χ1) is 8.16. The summed E-state index contributed by atoms with van der Waals surface area (Å²) in [5, 5.41) is 0. The molecule has 0 bridgehead atoms. The lowest BCUT2D eigenvalue weighted by atomic mass is 9.96. The zero-order valence-corrected chi connectivity index (χ0v) is 11.7. The number of nitrogens with two attached hydrogens (primary N) is 1. The van der Waals surface area contributed by atoms with Gasteiger partial charge in [-0.05, 0) is 19.9 Å². The highest BCUT2D eigenvalue weighted by Gasteiger charge is 2.27. The lowest BCUT2D eigenvalue weighted by Gasteiger charge is -2.41. The van der Waals surface area contributed by atoms with Gasteiger partial charge in [0.25, 0.3) is 0 Å². The van der Waals surface area contributed by atoms with Crippen molar-refractivity contribution in [3.63, 3.8) is 0 Å². The molecule has 1 rings (SSSR count). The molecule has 102 valence electrons. The molecule has 1 unspecified atom stereocenters. The number of morpholine rings is 1. The summed E-state index contributed by atoms with van der Waals surface area (Å²) in [7, 11) is 0. The van der Waals surface area contributed by atoms with Crippen LogP contribution in [0.2, 0.25) is 0 Å². The average Bonchev–Trinajstić information content (AvgIpc) is 2.40. The fourth-order valence-electron chi connectivity index (χ4n) is 2.39. The Morgan fingerprint density at radius 1 is 1.29 bits per heavy atom. The van der Waals surface area contributed by atoms with Gasteiger partial charge in [0.05, 0.1) is 13.2 Å². The predicted octanol–water partition coefficient (Wildman–Crippen LogP) is 0.768. The van der Waals surface area contributed by atoms with Crippen molar-refractivity contribution in [1.82, 2.24) is 9.80 Å². The molecule has 0 saturated carbocycles. The molecule has 1 fully saturated rings. The van der Waals surface area contributed by atoms with E-state index in [-0.39, 0.29) is 5.54 Å². The minimum atomic E-state index is 0.154. The molecule has 2 N–H and O–H groups in total. The Labute approximate surface area is 106 Å². The second kappa shape index (κ2) is 7.31. The SMILES string of the molecule is CCN(CCN1CCOCC1)C(C)(CC)CN. The van der Waals surface area contributed by atoms with Gasteiger partial charge in [0.1, 0.15) is 0 Å². The van der Waals surface area contributed by atoms with Crippen LogP contribution in [0, 0.1) is 0 Å². The van der Waals surface area contributed by atoms with Gasteiger partial charge in [0, 0.05) is 38.3 Å². The van der Waals surface area contributed by atoms with E-state index in [1.165, 1.54) is 0 Å². The molecule has 0 amide bonds. The smallest absolute Gasteiger partial charge is 0.0594 e. The minimum absolute atomic E-state index is 0.154. The normalized spacial score (nSPS) is 21.7. The summed E-state index contributed by atoms with van der Waals surface area (Å²) in [6, 6.07) is 0. The number of hydrogen-bond donors (Lipinski definition) is 1. The van der Waals surface area contributed by atoms with Gasteiger partial charge < -0.3 is 10.5 Å². The van der Waals surface area contributed by atoms with Crippen molar-refractivity contribution in [2.45, 2.75) is 32.7 Å². The molecule has 0 aromatic carbocycles. The summed E-state index contributed by atoms with van der Waals surface area (Å²) < 4.78 is 5.37. The summed E-state index contributed by atoms with van der Waals surface area (Å²) in [6.45, 7) is 14.7. The van der Waals surface area contributed by atoms with E-state index < -0.39 is 0 Å². The number of ether oxygens (including phenoxy) is 1. The topological polar surface area (TPSA) is 41.7 Å². The molecule has 0 aromatic rings. The zero-order valence-electron chi connectivity index (χ0n) is 11.7. The fraction of sp³-hybridized carbons (Fsp3) is 1.00. The van der Waals surface area contributed by atoms with Crippen LogP contribution < -0.4 is 5.73 Å². The van der Waals surface area contributed by atoms with Crippen molar-refractivity contribution in [2.24, 2.45) is 5.73 Å². The number of nitrogens with zero attached hydrogens (tertiary/aromatic N) is 2. The van der Waals surface area contributed by atoms with Gasteiger partial charge in [-0.15, -0.1) is 0 Å². The molecule has 4 nitrogen and oxygen atoms in total. The molecule has 1 atom stereocenters. The Hall–Kier alpha value is -0.160. The highest BCUT2D eigenvalue weighted by Crippen LogP contribution is 2.17. The summed E-state index contributed by atoms with van der Waals surface area (Å²) in [5.74, 6) is 0. The van der Waals surface area contributed by atoms with Gasteiger partial charge in [-0.2, -0.15) is 0 Å². The predicted molar refractivity (Wildman–Crippen MR) is 72.3 cm³/mol. The van der Waals surface area contributed by atoms with Crippen molar-refractivity contribution < 1.29 is 4.74 Å². The highest BCUT2D eigenvalue weighted by molar-refractivity contribution is 4.86. The molecular formula is C13H29N3O. The first-order valence-electron chi connectivity index (χ1n) is 6.91. The quantitative estimate of drug-likeness (QED) is 0.717. The number of likely N-dealkylation sites (N-methyl/N-ethyl adjacent to an activating group) is 1. The van der Waals surface area contributed by atoms with Crippen LogP contribution in [0.25, 0.3) is 0 Å². The molecule has 17 heavy (non-hydrogen) atoms. The summed E-state index contributed by atoms with van der Waals surface area (Å²) in [4.78, 5) is 5.00. The van der Waals surface area contributed by atoms with Crippen LogP contribution >= 0.6 is 0 Å². The van der Waals surface area contributed by atoms with Crippen LogP contribution in [0.5, 0.6) is 0 Å². The molecule has 0 aromatic heterocycles. The van der Waals surface area contributed by atoms with E-state index in [1.807, 2.05) is 0 Å². The monoisotopic (exact) mass is 243 g/mol. The van der Waals surface area contributed by atoms with E-state index in [0.29, 0.717) is 0 Å². The lowest BCUT2D eigenvalue weighted by molar-refractivity contribution is 0.0244. The van der Waals surface area contributed by atoms with Crippen LogP contribution in [0.15, 0.2) is 0 Å². The maximum absolute atomic E-state index is 5.93. The van der Waals surface area contributed by atoms with E-state index in [9.17, 15) is 0 Å². The Morgan fingerprint density at radius 2 is 1.94 bits per heavy atom. The second-order valence-corrected chi connectivity index (χ2v) is 5.09. The molecule has 4 heteroatoms. The van der Waals surface area contributed by atoms with E-state index in [4.69, 9.17) is 10.5 Å². The van der Waals surface area contributed by atoms with Crippen LogP contribution in [0.1, 0.15) is 27.2 Å². The zero-order chi connectivity index (χ0) is 12.7. The van der Waals surface area contributed by atoms with Crippen LogP contribution in [0.3, 0.4) is 0 Å². The third-order valence-electron chi connectivity index (χ3n) is 4.14. The Kier molecular flexibility index (Phi) is 6.41. The van der Waals surface area contributed by atoms with Crippen LogP contribution in [-0.2, 0) is 4.74 Å². The van der Waals surface area contributed by atoms with E-state index in [1.54, 1.807) is 0 Å². The molecule has 0 radical (unpaired) electrons. The number of rotatable bonds is 7. The summed E-state index contributed by atoms with van der Waals surface area (Å²) in [5.41, 5.74) is 6.08. The van der Waals surface area contributed by atoms with Crippen molar-refractivity contribution in [1.29, 1.82) is 0 Å². The first kappa shape index (κ1) is 14.9. The first-order valence-corrected chi connectivity index (χ1v) is 6.91. The fourth-order valence-corrected chi connectivity index (χ4v) is 2.39. The maximum atomic E-state index is 5.93. The third kappa shape index (κ3) is 4.21. The lowest BCUT2D eigenvalue weighted by Crippen LogP contribution is -2.53. The van der Waals surface area contributed by atoms with Crippen molar-refractivity contribution in [2.75, 3.05) is 52.5 Å². The van der Waals surface area contributed by atoms with E-state index in [0.717, 1.165) is 58.9 Å². The van der Waals surface area contributed by atoms with Crippen LogP contribution in [0.4, 0.5) is 0 Å². The molecular weight excluding hydrogens is 214 g/mol. The molecule has 1 aliphatic heterocycles. The third-order valence-corrected chi connectivity index (χ3v) is 4.14. The van der Waals surface area contributed by atoms with Crippen molar-refractivity contribution in [3.8, 4) is 0 Å². The largest absolute Gasteiger partial charge is 0.379 e. The van der Waals surface area contributed by atoms with Gasteiger partial charge in [0.2, 0.25) is 0 Å². The van der Waals surface area contributed by atoms with Gasteiger partial charge in [0.15, 0.2) is 0 Å². The van der Waals surface area contributed by atoms with Gasteiger partial charge in [-0.1, -0.05) is 13.8 Å². The minimum Gasteiger partial charge on any atom is -0.379 e. The Balaban J connectivity index is 2.40. The van der Waals surface area contributed by atoms with E-state index >= 15 is 0 Å². The molecule has 0 aliphatic carbocycles. The second-order valence-electron chi connectivity index (χ2n) is 5.09. The van der Waals surface area contributed by atoms with Crippen molar-refractivity contribution >= 4 is 0 Å². The maximum Gasteiger partial charge on any atom is 0.0594 e. The molecule has 1 saturated heterocycles. The standard InChI is InChI=1S/C13H29N3O/c1-4-13(3,12-14)16(5-2)7-6-15-8-10-17-11-9-15/h4-12,14H2,1-3H3. The molecule has 0 spiro atoms. The van der Waals surface area contributed by atoms with E-state index in [2.05, 4.69) is 30.6 Å². The van der Waals surface area contributed by atoms with Gasteiger partial charge >= 0.3 is 0 Å². The Bertz CT molecular complexity index is 201. The average molecular weight is 243 g/mol. The highest BCUT2D eigenvalue weighted by atomic mass is 16.5. The summed E-state index contributed by atoms with van der Waals surface area (Å²) >= 11 is 0. The summed E-state index contributed by atoms with van der Waals surface area (Å²) in [6.07, 6.45) is 1.11. The molecule has 1 heterocycles. The molecule has 1 aliphatic rings. The van der Waals surface area contributed by atoms with Crippen LogP contribution in [-0.4, -0.2) is 67.8 Å².